The first-order valence-electron chi connectivity index (χ1n) is 5.09. The Bertz CT molecular complexity index is 445. The molecule has 0 radical (unpaired) electrons. The van der Waals surface area contributed by atoms with Gasteiger partial charge in [0.1, 0.15) is 18.1 Å². The normalized spacial score (nSPS) is 11.4. The number of amides is 1. The van der Waals surface area contributed by atoms with E-state index in [0.29, 0.717) is 11.0 Å². The number of carbonyl (C=O) groups is 1. The summed E-state index contributed by atoms with van der Waals surface area (Å²) in [6.45, 7) is -0.210. The fourth-order valence-electron chi connectivity index (χ4n) is 1.40. The number of phenols is 1. The lowest BCUT2D eigenvalue weighted by Gasteiger charge is -2.22. The molecular formula is C11H11F4NO2. The standard InChI is InChI=1S/C11H11F4NO2/c1-2-16(6-11(13,14)15)10(18)8-4-3-7(12)5-9(8)17/h3-5,17H,2,6H2,1H3. The van der Waals surface area contributed by atoms with E-state index in [-0.39, 0.29) is 12.1 Å². The van der Waals surface area contributed by atoms with Crippen LogP contribution in [-0.2, 0) is 0 Å². The van der Waals surface area contributed by atoms with E-state index < -0.39 is 30.2 Å². The molecule has 0 unspecified atom stereocenters. The summed E-state index contributed by atoms with van der Waals surface area (Å²) in [6, 6.07) is 2.52. The summed E-state index contributed by atoms with van der Waals surface area (Å²) in [4.78, 5) is 12.3. The SMILES string of the molecule is CCN(CC(F)(F)F)C(=O)c1ccc(F)cc1O. The van der Waals surface area contributed by atoms with Crippen molar-refractivity contribution in [3.05, 3.63) is 29.6 Å². The lowest BCUT2D eigenvalue weighted by atomic mass is 10.1. The summed E-state index contributed by atoms with van der Waals surface area (Å²) in [5.41, 5.74) is -0.359. The van der Waals surface area contributed by atoms with Gasteiger partial charge in [-0.1, -0.05) is 0 Å². The van der Waals surface area contributed by atoms with Crippen LogP contribution in [0.25, 0.3) is 0 Å². The topological polar surface area (TPSA) is 40.5 Å². The van der Waals surface area contributed by atoms with E-state index in [1.54, 1.807) is 0 Å². The van der Waals surface area contributed by atoms with Crippen molar-refractivity contribution in [3.8, 4) is 5.75 Å². The summed E-state index contributed by atoms with van der Waals surface area (Å²) in [7, 11) is 0. The van der Waals surface area contributed by atoms with Crippen LogP contribution in [0.3, 0.4) is 0 Å². The molecule has 100 valence electrons. The monoisotopic (exact) mass is 265 g/mol. The zero-order valence-corrected chi connectivity index (χ0v) is 9.46. The number of hydrogen-bond donors (Lipinski definition) is 1. The second-order valence-electron chi connectivity index (χ2n) is 3.60. The number of halogens is 4. The van der Waals surface area contributed by atoms with Gasteiger partial charge in [0.15, 0.2) is 0 Å². The van der Waals surface area contributed by atoms with Gasteiger partial charge in [0.05, 0.1) is 5.56 Å². The van der Waals surface area contributed by atoms with Crippen molar-refractivity contribution in [2.24, 2.45) is 0 Å². The van der Waals surface area contributed by atoms with E-state index >= 15 is 0 Å². The molecule has 1 N–H and O–H groups in total. The number of nitrogens with zero attached hydrogens (tertiary/aromatic N) is 1. The van der Waals surface area contributed by atoms with Crippen LogP contribution >= 0.6 is 0 Å². The van der Waals surface area contributed by atoms with Crippen LogP contribution in [-0.4, -0.2) is 35.2 Å². The molecule has 0 saturated carbocycles. The molecule has 18 heavy (non-hydrogen) atoms. The minimum absolute atomic E-state index is 0.171. The van der Waals surface area contributed by atoms with Crippen LogP contribution in [0, 0.1) is 5.82 Å². The molecule has 3 nitrogen and oxygen atoms in total. The third-order valence-electron chi connectivity index (χ3n) is 2.23. The van der Waals surface area contributed by atoms with Gasteiger partial charge in [-0.15, -0.1) is 0 Å². The number of hydrogen-bond acceptors (Lipinski definition) is 2. The Morgan fingerprint density at radius 1 is 1.39 bits per heavy atom. The molecular weight excluding hydrogens is 254 g/mol. The lowest BCUT2D eigenvalue weighted by molar-refractivity contribution is -0.140. The van der Waals surface area contributed by atoms with E-state index in [4.69, 9.17) is 0 Å². The maximum atomic E-state index is 12.7. The molecule has 1 aromatic carbocycles. The molecule has 1 amide bonds. The van der Waals surface area contributed by atoms with E-state index in [2.05, 4.69) is 0 Å². The minimum Gasteiger partial charge on any atom is -0.507 e. The zero-order valence-electron chi connectivity index (χ0n) is 9.46. The molecule has 0 aliphatic carbocycles. The Balaban J connectivity index is 2.97. The summed E-state index contributed by atoms with van der Waals surface area (Å²) in [5, 5.41) is 9.34. The number of rotatable bonds is 3. The molecule has 0 bridgehead atoms. The van der Waals surface area contributed by atoms with Gasteiger partial charge in [0, 0.05) is 12.6 Å². The van der Waals surface area contributed by atoms with Crippen molar-refractivity contribution in [1.82, 2.24) is 4.90 Å². The van der Waals surface area contributed by atoms with Crippen LogP contribution in [0.2, 0.25) is 0 Å². The average molecular weight is 265 g/mol. The second-order valence-corrected chi connectivity index (χ2v) is 3.60. The zero-order chi connectivity index (χ0) is 13.9. The fraction of sp³-hybridized carbons (Fsp3) is 0.364. The number of carbonyl (C=O) groups excluding carboxylic acids is 1. The Labute approximate surface area is 101 Å². The molecule has 7 heteroatoms. The molecule has 0 aliphatic rings. The molecule has 0 aliphatic heterocycles. The van der Waals surface area contributed by atoms with Crippen LogP contribution in [0.1, 0.15) is 17.3 Å². The largest absolute Gasteiger partial charge is 0.507 e. The highest BCUT2D eigenvalue weighted by molar-refractivity contribution is 5.96. The first-order chi connectivity index (χ1) is 8.24. The van der Waals surface area contributed by atoms with Crippen molar-refractivity contribution in [2.75, 3.05) is 13.1 Å². The molecule has 1 aromatic rings. The maximum Gasteiger partial charge on any atom is 0.406 e. The molecule has 0 atom stereocenters. The summed E-state index contributed by atoms with van der Waals surface area (Å²) in [6.07, 6.45) is -4.53. The first-order valence-corrected chi connectivity index (χ1v) is 5.09. The minimum atomic E-state index is -4.53. The highest BCUT2D eigenvalue weighted by Gasteiger charge is 2.33. The van der Waals surface area contributed by atoms with Gasteiger partial charge in [-0.05, 0) is 19.1 Å². The van der Waals surface area contributed by atoms with E-state index in [1.807, 2.05) is 0 Å². The summed E-state index contributed by atoms with van der Waals surface area (Å²) >= 11 is 0. The first kappa shape index (κ1) is 14.3. The van der Waals surface area contributed by atoms with Gasteiger partial charge in [0.25, 0.3) is 5.91 Å². The van der Waals surface area contributed by atoms with Crippen LogP contribution in [0.5, 0.6) is 5.75 Å². The third kappa shape index (κ3) is 3.61. The van der Waals surface area contributed by atoms with Crippen LogP contribution < -0.4 is 0 Å². The highest BCUT2D eigenvalue weighted by atomic mass is 19.4. The van der Waals surface area contributed by atoms with Gasteiger partial charge < -0.3 is 10.0 Å². The second kappa shape index (κ2) is 5.24. The average Bonchev–Trinajstić information content (AvgIpc) is 2.24. The molecule has 0 spiro atoms. The predicted molar refractivity (Wildman–Crippen MR) is 55.7 cm³/mol. The number of alkyl halides is 3. The van der Waals surface area contributed by atoms with Crippen LogP contribution in [0.4, 0.5) is 17.6 Å². The Hall–Kier alpha value is -1.79. The predicted octanol–water partition coefficient (Wildman–Crippen LogP) is 2.56. The van der Waals surface area contributed by atoms with Gasteiger partial charge in [-0.2, -0.15) is 13.2 Å². The molecule has 0 saturated heterocycles. The number of phenolic OH excluding ortho intramolecular Hbond substituents is 1. The summed E-state index contributed by atoms with van der Waals surface area (Å²) < 4.78 is 49.4. The molecule has 0 aromatic heterocycles. The fourth-order valence-corrected chi connectivity index (χ4v) is 1.40. The molecule has 0 fully saturated rings. The van der Waals surface area contributed by atoms with Gasteiger partial charge in [-0.3, -0.25) is 4.79 Å². The maximum absolute atomic E-state index is 12.7. The Morgan fingerprint density at radius 2 is 2.00 bits per heavy atom. The van der Waals surface area contributed by atoms with Crippen molar-refractivity contribution in [1.29, 1.82) is 0 Å². The Morgan fingerprint density at radius 3 is 2.44 bits per heavy atom. The number of aromatic hydroxyl groups is 1. The van der Waals surface area contributed by atoms with Crippen LogP contribution in [0.15, 0.2) is 18.2 Å². The molecule has 1 rings (SSSR count). The van der Waals surface area contributed by atoms with Gasteiger partial charge in [-0.25, -0.2) is 4.39 Å². The quantitative estimate of drug-likeness (QED) is 0.853. The summed E-state index contributed by atoms with van der Waals surface area (Å²) in [5.74, 6) is -2.45. The van der Waals surface area contributed by atoms with E-state index in [1.165, 1.54) is 6.92 Å². The van der Waals surface area contributed by atoms with Gasteiger partial charge in [0.2, 0.25) is 0 Å². The van der Waals surface area contributed by atoms with E-state index in [9.17, 15) is 27.5 Å². The lowest BCUT2D eigenvalue weighted by Crippen LogP contribution is -2.38. The van der Waals surface area contributed by atoms with Crippen molar-refractivity contribution >= 4 is 5.91 Å². The smallest absolute Gasteiger partial charge is 0.406 e. The van der Waals surface area contributed by atoms with Gasteiger partial charge >= 0.3 is 6.18 Å². The molecule has 0 heterocycles. The third-order valence-corrected chi connectivity index (χ3v) is 2.23. The van der Waals surface area contributed by atoms with E-state index in [0.717, 1.165) is 12.1 Å². The highest BCUT2D eigenvalue weighted by Crippen LogP contribution is 2.22. The van der Waals surface area contributed by atoms with Crippen molar-refractivity contribution in [2.45, 2.75) is 13.1 Å². The number of benzene rings is 1. The van der Waals surface area contributed by atoms with Crippen molar-refractivity contribution in [3.63, 3.8) is 0 Å². The Kier molecular flexibility index (Phi) is 4.15. The van der Waals surface area contributed by atoms with Crippen molar-refractivity contribution < 1.29 is 27.5 Å².